The standard InChI is InChI=1S/C30H40N2O6/c1-19(2)16-30(6,27(35)32(7)25(26(33)34)18-38-29(3,4)5)31-28(36)37-17-24-22-14-10-8-12-20(22)21-13-9-11-15-23(21)24/h8-15,19,24-25H,16-18H2,1-7H3,(H,31,36)(H,33,34). The van der Waals surface area contributed by atoms with E-state index in [0.717, 1.165) is 27.2 Å². The Labute approximate surface area is 225 Å². The van der Waals surface area contributed by atoms with Crippen molar-refractivity contribution >= 4 is 18.0 Å². The second-order valence-corrected chi connectivity index (χ2v) is 11.6. The van der Waals surface area contributed by atoms with Gasteiger partial charge in [0.05, 0.1) is 12.2 Å². The summed E-state index contributed by atoms with van der Waals surface area (Å²) in [4.78, 5) is 39.8. The van der Waals surface area contributed by atoms with Crippen LogP contribution in [-0.2, 0) is 19.1 Å². The zero-order valence-corrected chi connectivity index (χ0v) is 23.4. The van der Waals surface area contributed by atoms with E-state index in [0.29, 0.717) is 6.42 Å². The maximum Gasteiger partial charge on any atom is 0.408 e. The Hall–Kier alpha value is -3.39. The number of fused-ring (bicyclic) bond motifs is 3. The number of rotatable bonds is 10. The summed E-state index contributed by atoms with van der Waals surface area (Å²) in [6.07, 6.45) is -0.429. The Bertz CT molecular complexity index is 1130. The fourth-order valence-corrected chi connectivity index (χ4v) is 5.08. The quantitative estimate of drug-likeness (QED) is 0.450. The number of ether oxygens (including phenoxy) is 2. The largest absolute Gasteiger partial charge is 0.480 e. The lowest BCUT2D eigenvalue weighted by atomic mass is 9.89. The van der Waals surface area contributed by atoms with Gasteiger partial charge in [0, 0.05) is 13.0 Å². The van der Waals surface area contributed by atoms with Gasteiger partial charge < -0.3 is 24.8 Å². The molecule has 0 spiro atoms. The highest BCUT2D eigenvalue weighted by Crippen LogP contribution is 2.44. The van der Waals surface area contributed by atoms with Crippen LogP contribution in [0.2, 0.25) is 0 Å². The van der Waals surface area contributed by atoms with E-state index in [9.17, 15) is 19.5 Å². The lowest BCUT2D eigenvalue weighted by molar-refractivity contribution is -0.156. The van der Waals surface area contributed by atoms with Crippen LogP contribution in [-0.4, -0.2) is 65.4 Å². The predicted octanol–water partition coefficient (Wildman–Crippen LogP) is 5.06. The smallest absolute Gasteiger partial charge is 0.408 e. The number of carboxylic acids is 1. The number of hydrogen-bond acceptors (Lipinski definition) is 5. The molecule has 8 nitrogen and oxygen atoms in total. The van der Waals surface area contributed by atoms with Crippen molar-refractivity contribution in [1.29, 1.82) is 0 Å². The van der Waals surface area contributed by atoms with Crippen LogP contribution in [0.4, 0.5) is 4.79 Å². The molecule has 2 unspecified atom stereocenters. The molecule has 1 aliphatic rings. The zero-order chi connectivity index (χ0) is 28.3. The van der Waals surface area contributed by atoms with Gasteiger partial charge in [0.15, 0.2) is 6.04 Å². The predicted molar refractivity (Wildman–Crippen MR) is 146 cm³/mol. The highest BCUT2D eigenvalue weighted by molar-refractivity contribution is 5.92. The number of carbonyl (C=O) groups excluding carboxylic acids is 2. The van der Waals surface area contributed by atoms with Crippen molar-refractivity contribution in [3.8, 4) is 11.1 Å². The van der Waals surface area contributed by atoms with Gasteiger partial charge in [-0.2, -0.15) is 0 Å². The molecule has 1 aliphatic carbocycles. The maximum atomic E-state index is 13.6. The van der Waals surface area contributed by atoms with Gasteiger partial charge in [-0.3, -0.25) is 4.79 Å². The average Bonchev–Trinajstić information content (AvgIpc) is 3.14. The van der Waals surface area contributed by atoms with Crippen LogP contribution < -0.4 is 5.32 Å². The summed E-state index contributed by atoms with van der Waals surface area (Å²) in [5, 5.41) is 12.6. The molecule has 2 atom stereocenters. The van der Waals surface area contributed by atoms with Gasteiger partial charge in [0.1, 0.15) is 12.1 Å². The van der Waals surface area contributed by atoms with Crippen molar-refractivity contribution in [3.05, 3.63) is 59.7 Å². The summed E-state index contributed by atoms with van der Waals surface area (Å²) in [5.74, 6) is -1.78. The van der Waals surface area contributed by atoms with Crippen molar-refractivity contribution in [2.24, 2.45) is 5.92 Å². The molecule has 0 saturated carbocycles. The Morgan fingerprint density at radius 2 is 1.50 bits per heavy atom. The molecular formula is C30H40N2O6. The van der Waals surface area contributed by atoms with Gasteiger partial charge in [-0.25, -0.2) is 9.59 Å². The van der Waals surface area contributed by atoms with E-state index in [1.54, 1.807) is 6.92 Å². The average molecular weight is 525 g/mol. The van der Waals surface area contributed by atoms with E-state index in [4.69, 9.17) is 9.47 Å². The molecule has 2 N–H and O–H groups in total. The van der Waals surface area contributed by atoms with Crippen molar-refractivity contribution in [1.82, 2.24) is 10.2 Å². The van der Waals surface area contributed by atoms with E-state index in [1.807, 2.05) is 71.0 Å². The van der Waals surface area contributed by atoms with E-state index >= 15 is 0 Å². The fourth-order valence-electron chi connectivity index (χ4n) is 5.08. The number of carboxylic acid groups (broad SMARTS) is 1. The molecule has 0 aliphatic heterocycles. The molecule has 2 aromatic rings. The lowest BCUT2D eigenvalue weighted by Crippen LogP contribution is -2.61. The second kappa shape index (κ2) is 11.6. The van der Waals surface area contributed by atoms with Gasteiger partial charge in [-0.15, -0.1) is 0 Å². The third kappa shape index (κ3) is 6.72. The topological polar surface area (TPSA) is 105 Å². The first-order valence-corrected chi connectivity index (χ1v) is 13.0. The van der Waals surface area contributed by atoms with Crippen molar-refractivity contribution in [2.45, 2.75) is 71.1 Å². The molecule has 0 saturated heterocycles. The SMILES string of the molecule is CC(C)CC(C)(NC(=O)OCC1c2ccccc2-c2ccccc21)C(=O)N(C)C(COC(C)(C)C)C(=O)O. The summed E-state index contributed by atoms with van der Waals surface area (Å²) in [6.45, 7) is 10.9. The van der Waals surface area contributed by atoms with Crippen molar-refractivity contribution in [2.75, 3.05) is 20.3 Å². The van der Waals surface area contributed by atoms with E-state index in [-0.39, 0.29) is 25.0 Å². The van der Waals surface area contributed by atoms with Crippen LogP contribution in [0.15, 0.2) is 48.5 Å². The van der Waals surface area contributed by atoms with E-state index in [1.165, 1.54) is 7.05 Å². The minimum absolute atomic E-state index is 0.0420. The minimum Gasteiger partial charge on any atom is -0.480 e. The summed E-state index contributed by atoms with van der Waals surface area (Å²) in [6, 6.07) is 14.9. The highest BCUT2D eigenvalue weighted by Gasteiger charge is 2.42. The maximum absolute atomic E-state index is 13.6. The van der Waals surface area contributed by atoms with Gasteiger partial charge in [-0.05, 0) is 62.3 Å². The molecule has 0 radical (unpaired) electrons. The number of carbonyl (C=O) groups is 3. The number of nitrogens with zero attached hydrogens (tertiary/aromatic N) is 1. The number of hydrogen-bond donors (Lipinski definition) is 2. The number of nitrogens with one attached hydrogen (secondary N) is 1. The molecule has 0 bridgehead atoms. The zero-order valence-electron chi connectivity index (χ0n) is 23.4. The third-order valence-corrected chi connectivity index (χ3v) is 6.76. The van der Waals surface area contributed by atoms with Crippen LogP contribution in [0.1, 0.15) is 65.0 Å². The minimum atomic E-state index is -1.37. The van der Waals surface area contributed by atoms with Gasteiger partial charge in [0.2, 0.25) is 5.91 Å². The molecule has 3 rings (SSSR count). The normalized spacial score (nSPS) is 15.3. The van der Waals surface area contributed by atoms with E-state index in [2.05, 4.69) is 17.4 Å². The van der Waals surface area contributed by atoms with E-state index < -0.39 is 35.2 Å². The van der Waals surface area contributed by atoms with Crippen LogP contribution in [0.5, 0.6) is 0 Å². The summed E-state index contributed by atoms with van der Waals surface area (Å²) in [5.41, 5.74) is 2.47. The van der Waals surface area contributed by atoms with Gasteiger partial charge in [0.25, 0.3) is 0 Å². The summed E-state index contributed by atoms with van der Waals surface area (Å²) in [7, 11) is 1.42. The van der Waals surface area contributed by atoms with Crippen LogP contribution >= 0.6 is 0 Å². The lowest BCUT2D eigenvalue weighted by Gasteiger charge is -2.37. The molecule has 2 amide bonds. The Kier molecular flexibility index (Phi) is 8.87. The van der Waals surface area contributed by atoms with Gasteiger partial charge >= 0.3 is 12.1 Å². The molecule has 8 heteroatoms. The van der Waals surface area contributed by atoms with Crippen LogP contribution in [0.25, 0.3) is 11.1 Å². The monoisotopic (exact) mass is 524 g/mol. The summed E-state index contributed by atoms with van der Waals surface area (Å²) >= 11 is 0. The summed E-state index contributed by atoms with van der Waals surface area (Å²) < 4.78 is 11.4. The van der Waals surface area contributed by atoms with Gasteiger partial charge in [-0.1, -0.05) is 62.4 Å². The number of amides is 2. The third-order valence-electron chi connectivity index (χ3n) is 6.76. The highest BCUT2D eigenvalue weighted by atomic mass is 16.5. The Balaban J connectivity index is 1.75. The fraction of sp³-hybridized carbons (Fsp3) is 0.500. The van der Waals surface area contributed by atoms with Crippen molar-refractivity contribution < 1.29 is 29.0 Å². The molecule has 0 heterocycles. The molecule has 2 aromatic carbocycles. The number of aliphatic carboxylic acids is 1. The number of likely N-dealkylation sites (N-methyl/N-ethyl adjacent to an activating group) is 1. The first-order valence-electron chi connectivity index (χ1n) is 13.0. The first-order chi connectivity index (χ1) is 17.7. The first kappa shape index (κ1) is 29.2. The Morgan fingerprint density at radius 1 is 0.974 bits per heavy atom. The Morgan fingerprint density at radius 3 is 1.97 bits per heavy atom. The molecule has 0 fully saturated rings. The molecule has 38 heavy (non-hydrogen) atoms. The van der Waals surface area contributed by atoms with Crippen LogP contribution in [0, 0.1) is 5.92 Å². The molecule has 0 aromatic heterocycles. The van der Waals surface area contributed by atoms with Crippen molar-refractivity contribution in [3.63, 3.8) is 0 Å². The number of alkyl carbamates (subject to hydrolysis) is 1. The molecular weight excluding hydrogens is 484 g/mol. The number of benzene rings is 2. The molecule has 206 valence electrons. The second-order valence-electron chi connectivity index (χ2n) is 11.6. The van der Waals surface area contributed by atoms with Crippen LogP contribution in [0.3, 0.4) is 0 Å².